The first kappa shape index (κ1) is 18.0. The van der Waals surface area contributed by atoms with E-state index in [-0.39, 0.29) is 0 Å². The van der Waals surface area contributed by atoms with E-state index in [1.807, 2.05) is 0 Å². The first-order chi connectivity index (χ1) is 13.1. The predicted molar refractivity (Wildman–Crippen MR) is 114 cm³/mol. The van der Waals surface area contributed by atoms with Gasteiger partial charge in [0, 0.05) is 22.0 Å². The van der Waals surface area contributed by atoms with E-state index in [9.17, 15) is 5.11 Å². The molecule has 0 aliphatic carbocycles. The van der Waals surface area contributed by atoms with Gasteiger partial charge >= 0.3 is 0 Å². The molecule has 0 radical (unpaired) electrons. The molecular weight excluding hydrogens is 352 g/mol. The molecule has 4 rings (SSSR count). The standard InChI is InChI=1S/C23H24N2OS/c1-16-11-12-17(2)19(13-16)24-14-18(26)15-25-20-7-3-5-9-22(20)27-23-10-6-4-8-21(23)25/h3-13,18,24,26H,14-15H2,1-2H3/t18-/m1/s1. The maximum Gasteiger partial charge on any atom is 0.0891 e. The molecule has 0 saturated heterocycles. The number of nitrogens with one attached hydrogen (secondary N) is 1. The Morgan fingerprint density at radius 2 is 1.56 bits per heavy atom. The number of hydrogen-bond donors (Lipinski definition) is 2. The lowest BCUT2D eigenvalue weighted by Gasteiger charge is -2.34. The second kappa shape index (κ2) is 7.67. The minimum atomic E-state index is -0.492. The van der Waals surface area contributed by atoms with Crippen molar-refractivity contribution in [3.63, 3.8) is 0 Å². The van der Waals surface area contributed by atoms with Gasteiger partial charge in [0.2, 0.25) is 0 Å². The lowest BCUT2D eigenvalue weighted by Crippen LogP contribution is -2.34. The van der Waals surface area contributed by atoms with E-state index in [1.54, 1.807) is 11.8 Å². The van der Waals surface area contributed by atoms with Crippen molar-refractivity contribution in [2.75, 3.05) is 23.3 Å². The van der Waals surface area contributed by atoms with Crippen LogP contribution < -0.4 is 10.2 Å². The highest BCUT2D eigenvalue weighted by molar-refractivity contribution is 7.99. The highest BCUT2D eigenvalue weighted by Gasteiger charge is 2.24. The Hall–Kier alpha value is -2.43. The van der Waals surface area contributed by atoms with Gasteiger partial charge in [0.15, 0.2) is 0 Å². The number of β-amino-alcohol motifs (C(OH)–C–C–N with tert-alkyl or cyclic N) is 1. The smallest absolute Gasteiger partial charge is 0.0891 e. The van der Waals surface area contributed by atoms with E-state index in [2.05, 4.69) is 90.8 Å². The minimum absolute atomic E-state index is 0.492. The maximum atomic E-state index is 10.8. The van der Waals surface area contributed by atoms with Crippen LogP contribution in [0.4, 0.5) is 17.1 Å². The van der Waals surface area contributed by atoms with E-state index in [1.165, 1.54) is 20.9 Å². The van der Waals surface area contributed by atoms with Crippen molar-refractivity contribution in [1.29, 1.82) is 0 Å². The lowest BCUT2D eigenvalue weighted by atomic mass is 10.1. The number of fused-ring (bicyclic) bond motifs is 2. The molecule has 0 spiro atoms. The van der Waals surface area contributed by atoms with E-state index >= 15 is 0 Å². The number of aliphatic hydroxyl groups is 1. The molecule has 0 amide bonds. The number of benzene rings is 3. The van der Waals surface area contributed by atoms with Gasteiger partial charge in [0.05, 0.1) is 24.0 Å². The Kier molecular flexibility index (Phi) is 5.10. The van der Waals surface area contributed by atoms with Gasteiger partial charge in [-0.2, -0.15) is 0 Å². The summed E-state index contributed by atoms with van der Waals surface area (Å²) < 4.78 is 0. The Morgan fingerprint density at radius 1 is 0.926 bits per heavy atom. The van der Waals surface area contributed by atoms with Crippen molar-refractivity contribution in [3.8, 4) is 0 Å². The second-order valence-corrected chi connectivity index (χ2v) is 8.08. The average Bonchev–Trinajstić information content (AvgIpc) is 2.68. The highest BCUT2D eigenvalue weighted by atomic mass is 32.2. The van der Waals surface area contributed by atoms with Crippen LogP contribution in [0.5, 0.6) is 0 Å². The van der Waals surface area contributed by atoms with Crippen LogP contribution in [0, 0.1) is 13.8 Å². The summed E-state index contributed by atoms with van der Waals surface area (Å²) in [6, 6.07) is 23.1. The summed E-state index contributed by atoms with van der Waals surface area (Å²) in [6.45, 7) is 5.23. The van der Waals surface area contributed by atoms with Crippen molar-refractivity contribution in [3.05, 3.63) is 77.9 Å². The summed E-state index contributed by atoms with van der Waals surface area (Å²) in [4.78, 5) is 4.69. The molecule has 1 aliphatic heterocycles. The van der Waals surface area contributed by atoms with Crippen LogP contribution >= 0.6 is 11.8 Å². The first-order valence-corrected chi connectivity index (χ1v) is 10.1. The van der Waals surface area contributed by atoms with Crippen molar-refractivity contribution < 1.29 is 5.11 Å². The normalized spacial score (nSPS) is 13.7. The molecule has 3 aromatic carbocycles. The van der Waals surface area contributed by atoms with Crippen LogP contribution in [-0.2, 0) is 0 Å². The number of nitrogens with zero attached hydrogens (tertiary/aromatic N) is 1. The molecule has 0 fully saturated rings. The topological polar surface area (TPSA) is 35.5 Å². The molecule has 27 heavy (non-hydrogen) atoms. The maximum absolute atomic E-state index is 10.8. The van der Waals surface area contributed by atoms with Gasteiger partial charge in [-0.25, -0.2) is 0 Å². The minimum Gasteiger partial charge on any atom is -0.389 e. The molecule has 0 aromatic heterocycles. The summed E-state index contributed by atoms with van der Waals surface area (Å²) in [6.07, 6.45) is -0.492. The number of anilines is 3. The third-order valence-electron chi connectivity index (χ3n) is 4.85. The van der Waals surface area contributed by atoms with Crippen LogP contribution in [0.1, 0.15) is 11.1 Å². The summed E-state index contributed by atoms with van der Waals surface area (Å²) in [5.74, 6) is 0. The third-order valence-corrected chi connectivity index (χ3v) is 5.98. The number of hydrogen-bond acceptors (Lipinski definition) is 4. The van der Waals surface area contributed by atoms with Crippen molar-refractivity contribution in [1.82, 2.24) is 0 Å². The number of aryl methyl sites for hydroxylation is 2. The quantitative estimate of drug-likeness (QED) is 0.627. The molecular formula is C23H24N2OS. The zero-order chi connectivity index (χ0) is 18.8. The fourth-order valence-electron chi connectivity index (χ4n) is 3.41. The molecule has 1 aliphatic rings. The monoisotopic (exact) mass is 376 g/mol. The number of rotatable bonds is 5. The Morgan fingerprint density at radius 3 is 2.22 bits per heavy atom. The number of aliphatic hydroxyl groups excluding tert-OH is 1. The lowest BCUT2D eigenvalue weighted by molar-refractivity contribution is 0.195. The van der Waals surface area contributed by atoms with Gasteiger partial charge in [-0.3, -0.25) is 0 Å². The SMILES string of the molecule is Cc1ccc(C)c(NC[C@@H](O)CN2c3ccccc3Sc3ccccc32)c1. The van der Waals surface area contributed by atoms with Gasteiger partial charge in [-0.15, -0.1) is 0 Å². The van der Waals surface area contributed by atoms with E-state index in [4.69, 9.17) is 0 Å². The largest absolute Gasteiger partial charge is 0.389 e. The van der Waals surface area contributed by atoms with Crippen molar-refractivity contribution in [2.24, 2.45) is 0 Å². The zero-order valence-corrected chi connectivity index (χ0v) is 16.5. The van der Waals surface area contributed by atoms with Crippen LogP contribution in [-0.4, -0.2) is 24.3 Å². The summed E-state index contributed by atoms with van der Waals surface area (Å²) in [5.41, 5.74) is 5.81. The fourth-order valence-corrected chi connectivity index (χ4v) is 4.50. The molecule has 1 atom stereocenters. The first-order valence-electron chi connectivity index (χ1n) is 9.24. The van der Waals surface area contributed by atoms with Crippen LogP contribution in [0.25, 0.3) is 0 Å². The van der Waals surface area contributed by atoms with E-state index < -0.39 is 6.10 Å². The van der Waals surface area contributed by atoms with Gasteiger partial charge in [-0.05, 0) is 55.3 Å². The molecule has 1 heterocycles. The van der Waals surface area contributed by atoms with Gasteiger partial charge < -0.3 is 15.3 Å². The molecule has 4 heteroatoms. The fraction of sp³-hybridized carbons (Fsp3) is 0.217. The zero-order valence-electron chi connectivity index (χ0n) is 15.6. The number of para-hydroxylation sites is 2. The highest BCUT2D eigenvalue weighted by Crippen LogP contribution is 2.47. The molecule has 138 valence electrons. The van der Waals surface area contributed by atoms with E-state index in [0.29, 0.717) is 13.1 Å². The second-order valence-electron chi connectivity index (χ2n) is 7.00. The third kappa shape index (κ3) is 3.82. The van der Waals surface area contributed by atoms with Crippen LogP contribution in [0.2, 0.25) is 0 Å². The van der Waals surface area contributed by atoms with E-state index in [0.717, 1.165) is 17.1 Å². The van der Waals surface area contributed by atoms with Crippen molar-refractivity contribution in [2.45, 2.75) is 29.7 Å². The summed E-state index contributed by atoms with van der Waals surface area (Å²) in [7, 11) is 0. The van der Waals surface area contributed by atoms with Gasteiger partial charge in [-0.1, -0.05) is 48.2 Å². The van der Waals surface area contributed by atoms with Crippen LogP contribution in [0.3, 0.4) is 0 Å². The average molecular weight is 377 g/mol. The molecule has 3 nitrogen and oxygen atoms in total. The summed E-state index contributed by atoms with van der Waals surface area (Å²) in [5, 5.41) is 14.2. The van der Waals surface area contributed by atoms with Crippen LogP contribution in [0.15, 0.2) is 76.5 Å². The Balaban J connectivity index is 1.53. The Labute approximate surface area is 165 Å². The Bertz CT molecular complexity index is 911. The molecule has 0 bridgehead atoms. The molecule has 0 saturated carbocycles. The van der Waals surface area contributed by atoms with Crippen molar-refractivity contribution >= 4 is 28.8 Å². The van der Waals surface area contributed by atoms with Gasteiger partial charge in [0.25, 0.3) is 0 Å². The predicted octanol–water partition coefficient (Wildman–Crippen LogP) is 5.38. The molecule has 3 aromatic rings. The molecule has 0 unspecified atom stereocenters. The van der Waals surface area contributed by atoms with Gasteiger partial charge in [0.1, 0.15) is 0 Å². The summed E-state index contributed by atoms with van der Waals surface area (Å²) >= 11 is 1.79. The molecule has 2 N–H and O–H groups in total.